The third-order valence-electron chi connectivity index (χ3n) is 1.80. The number of carboxylic acid groups (broad SMARTS) is 1. The molecule has 0 aliphatic rings. The fourth-order valence-corrected chi connectivity index (χ4v) is 1.12. The Bertz CT molecular complexity index is 173. The van der Waals surface area contributed by atoms with Gasteiger partial charge in [-0.1, -0.05) is 13.8 Å². The first-order valence-corrected chi connectivity index (χ1v) is 4.80. The molecule has 0 aliphatic carbocycles. The van der Waals surface area contributed by atoms with Crippen LogP contribution >= 0.6 is 0 Å². The minimum absolute atomic E-state index is 0.185. The van der Waals surface area contributed by atoms with Crippen LogP contribution in [0, 0.1) is 5.92 Å². The van der Waals surface area contributed by atoms with Crippen molar-refractivity contribution in [3.8, 4) is 0 Å². The van der Waals surface area contributed by atoms with Gasteiger partial charge >= 0.3 is 5.97 Å². The van der Waals surface area contributed by atoms with Crippen molar-refractivity contribution in [1.29, 1.82) is 0 Å². The first-order valence-electron chi connectivity index (χ1n) is 4.80. The number of carboxylic acids is 1. The zero-order chi connectivity index (χ0) is 11.1. The van der Waals surface area contributed by atoms with Crippen LogP contribution in [0.4, 0.5) is 0 Å². The Hall–Kier alpha value is -0.650. The maximum absolute atomic E-state index is 10.3. The molecule has 0 spiro atoms. The smallest absolute Gasteiger partial charge is 0.321 e. The van der Waals surface area contributed by atoms with E-state index in [1.807, 2.05) is 13.8 Å². The Labute approximate surface area is 84.3 Å². The van der Waals surface area contributed by atoms with Crippen molar-refractivity contribution in [2.45, 2.75) is 32.4 Å². The average molecular weight is 204 g/mol. The van der Waals surface area contributed by atoms with Gasteiger partial charge in [0, 0.05) is 13.1 Å². The number of aliphatic hydroxyl groups excluding tert-OH is 1. The molecule has 0 bridgehead atoms. The van der Waals surface area contributed by atoms with Crippen molar-refractivity contribution in [2.24, 2.45) is 11.7 Å². The lowest BCUT2D eigenvalue weighted by Gasteiger charge is -2.14. The lowest BCUT2D eigenvalue weighted by Crippen LogP contribution is -2.42. The van der Waals surface area contributed by atoms with Crippen molar-refractivity contribution < 1.29 is 15.0 Å². The fraction of sp³-hybridized carbons (Fsp3) is 0.889. The molecule has 84 valence electrons. The number of rotatable bonds is 7. The topological polar surface area (TPSA) is 95.6 Å². The first kappa shape index (κ1) is 13.4. The van der Waals surface area contributed by atoms with Gasteiger partial charge in [-0.05, 0) is 12.3 Å². The Morgan fingerprint density at radius 1 is 1.43 bits per heavy atom. The predicted molar refractivity (Wildman–Crippen MR) is 53.9 cm³/mol. The molecule has 5 N–H and O–H groups in total. The van der Waals surface area contributed by atoms with Gasteiger partial charge in [0.15, 0.2) is 0 Å². The number of aliphatic carboxylic acids is 1. The summed E-state index contributed by atoms with van der Waals surface area (Å²) in [5.41, 5.74) is 5.26. The zero-order valence-corrected chi connectivity index (χ0v) is 8.73. The summed E-state index contributed by atoms with van der Waals surface area (Å²) in [5.74, 6) is -0.601. The van der Waals surface area contributed by atoms with E-state index >= 15 is 0 Å². The molecule has 14 heavy (non-hydrogen) atoms. The van der Waals surface area contributed by atoms with E-state index in [0.717, 1.165) is 0 Å². The van der Waals surface area contributed by atoms with E-state index in [2.05, 4.69) is 5.32 Å². The number of nitrogens with one attached hydrogen (secondary N) is 1. The van der Waals surface area contributed by atoms with Crippen LogP contribution in [0.15, 0.2) is 0 Å². The second-order valence-corrected chi connectivity index (χ2v) is 3.89. The van der Waals surface area contributed by atoms with Crippen LogP contribution in [0.3, 0.4) is 0 Å². The Morgan fingerprint density at radius 2 is 2.00 bits per heavy atom. The molecule has 0 aliphatic heterocycles. The molecule has 0 aromatic heterocycles. The summed E-state index contributed by atoms with van der Waals surface area (Å²) in [6.07, 6.45) is 0.269. The van der Waals surface area contributed by atoms with E-state index < -0.39 is 18.1 Å². The van der Waals surface area contributed by atoms with Crippen molar-refractivity contribution >= 4 is 5.97 Å². The molecule has 2 atom stereocenters. The molecule has 2 unspecified atom stereocenters. The van der Waals surface area contributed by atoms with E-state index in [1.165, 1.54) is 0 Å². The zero-order valence-electron chi connectivity index (χ0n) is 8.73. The van der Waals surface area contributed by atoms with Crippen molar-refractivity contribution in [2.75, 3.05) is 13.1 Å². The molecule has 5 nitrogen and oxygen atoms in total. The normalized spacial score (nSPS) is 15.5. The molecule has 5 heteroatoms. The van der Waals surface area contributed by atoms with Gasteiger partial charge in [0.05, 0.1) is 6.10 Å². The van der Waals surface area contributed by atoms with Gasteiger partial charge in [0.2, 0.25) is 0 Å². The molecule has 0 aromatic carbocycles. The minimum Gasteiger partial charge on any atom is -0.480 e. The number of aliphatic hydroxyl groups is 1. The van der Waals surface area contributed by atoms with Crippen LogP contribution in [0.5, 0.6) is 0 Å². The SMILES string of the molecule is CC(C)CC(O)CNCC(N)C(=O)O. The lowest BCUT2D eigenvalue weighted by atomic mass is 10.1. The highest BCUT2D eigenvalue weighted by Gasteiger charge is 2.12. The van der Waals surface area contributed by atoms with Crippen LogP contribution in [0.2, 0.25) is 0 Å². The highest BCUT2D eigenvalue weighted by atomic mass is 16.4. The number of hydrogen-bond donors (Lipinski definition) is 4. The molecule has 0 heterocycles. The summed E-state index contributed by atoms with van der Waals surface area (Å²) in [4.78, 5) is 10.3. The second kappa shape index (κ2) is 6.75. The van der Waals surface area contributed by atoms with E-state index in [9.17, 15) is 9.90 Å². The quantitative estimate of drug-likeness (QED) is 0.444. The van der Waals surface area contributed by atoms with Crippen LogP contribution in [0.25, 0.3) is 0 Å². The molecular formula is C9H20N2O3. The summed E-state index contributed by atoms with van der Waals surface area (Å²) < 4.78 is 0. The molecule has 0 saturated carbocycles. The highest BCUT2D eigenvalue weighted by Crippen LogP contribution is 2.02. The molecule has 0 saturated heterocycles. The third-order valence-corrected chi connectivity index (χ3v) is 1.80. The molecule has 0 radical (unpaired) electrons. The first-order chi connectivity index (χ1) is 6.43. The molecule has 0 rings (SSSR count). The highest BCUT2D eigenvalue weighted by molar-refractivity contribution is 5.73. The van der Waals surface area contributed by atoms with Gasteiger partial charge in [-0.15, -0.1) is 0 Å². The Morgan fingerprint density at radius 3 is 2.43 bits per heavy atom. The summed E-state index contributed by atoms with van der Waals surface area (Å²) in [5, 5.41) is 20.7. The Balaban J connectivity index is 3.48. The van der Waals surface area contributed by atoms with Gasteiger partial charge in [0.1, 0.15) is 6.04 Å². The Kier molecular flexibility index (Phi) is 6.44. The summed E-state index contributed by atoms with van der Waals surface area (Å²) in [6, 6.07) is -0.902. The van der Waals surface area contributed by atoms with Gasteiger partial charge in [-0.2, -0.15) is 0 Å². The molecule has 0 fully saturated rings. The molecule has 0 aromatic rings. The molecular weight excluding hydrogens is 184 g/mol. The van der Waals surface area contributed by atoms with E-state index in [4.69, 9.17) is 10.8 Å². The summed E-state index contributed by atoms with van der Waals surface area (Å²) >= 11 is 0. The van der Waals surface area contributed by atoms with E-state index in [0.29, 0.717) is 18.9 Å². The maximum Gasteiger partial charge on any atom is 0.321 e. The monoisotopic (exact) mass is 204 g/mol. The largest absolute Gasteiger partial charge is 0.480 e. The number of nitrogens with two attached hydrogens (primary N) is 1. The summed E-state index contributed by atoms with van der Waals surface area (Å²) in [6.45, 7) is 4.61. The predicted octanol–water partition coefficient (Wildman–Crippen LogP) is -0.605. The van der Waals surface area contributed by atoms with Crippen molar-refractivity contribution in [3.05, 3.63) is 0 Å². The second-order valence-electron chi connectivity index (χ2n) is 3.89. The third kappa shape index (κ3) is 6.82. The number of hydrogen-bond acceptors (Lipinski definition) is 4. The van der Waals surface area contributed by atoms with Gasteiger partial charge in [-0.25, -0.2) is 0 Å². The van der Waals surface area contributed by atoms with Gasteiger partial charge < -0.3 is 21.3 Å². The van der Waals surface area contributed by atoms with Gasteiger partial charge in [-0.3, -0.25) is 4.79 Å². The maximum atomic E-state index is 10.3. The van der Waals surface area contributed by atoms with Gasteiger partial charge in [0.25, 0.3) is 0 Å². The van der Waals surface area contributed by atoms with Crippen molar-refractivity contribution in [1.82, 2.24) is 5.32 Å². The van der Waals surface area contributed by atoms with E-state index in [-0.39, 0.29) is 6.54 Å². The number of carbonyl (C=O) groups is 1. The van der Waals surface area contributed by atoms with Crippen LogP contribution in [-0.2, 0) is 4.79 Å². The standard InChI is InChI=1S/C9H20N2O3/c1-6(2)3-7(12)4-11-5-8(10)9(13)14/h6-8,11-12H,3-5,10H2,1-2H3,(H,13,14). The fourth-order valence-electron chi connectivity index (χ4n) is 1.12. The van der Waals surface area contributed by atoms with Crippen molar-refractivity contribution in [3.63, 3.8) is 0 Å². The molecule has 0 amide bonds. The van der Waals surface area contributed by atoms with Crippen LogP contribution in [0.1, 0.15) is 20.3 Å². The average Bonchev–Trinajstić information content (AvgIpc) is 2.02. The lowest BCUT2D eigenvalue weighted by molar-refractivity contribution is -0.138. The van der Waals surface area contributed by atoms with Crippen LogP contribution in [-0.4, -0.2) is 41.4 Å². The summed E-state index contributed by atoms with van der Waals surface area (Å²) in [7, 11) is 0. The van der Waals surface area contributed by atoms with Crippen LogP contribution < -0.4 is 11.1 Å². The van der Waals surface area contributed by atoms with E-state index in [1.54, 1.807) is 0 Å². The minimum atomic E-state index is -1.03.